The Morgan fingerprint density at radius 2 is 2.42 bits per heavy atom. The molecule has 0 aromatic carbocycles. The van der Waals surface area contributed by atoms with Crippen molar-refractivity contribution in [1.29, 1.82) is 0 Å². The molecule has 2 aliphatic rings. The van der Waals surface area contributed by atoms with Crippen molar-refractivity contribution in [2.75, 3.05) is 18.1 Å². The molecule has 2 saturated heterocycles. The maximum atomic E-state index is 11.3. The van der Waals surface area contributed by atoms with Gasteiger partial charge in [0.1, 0.15) is 0 Å². The van der Waals surface area contributed by atoms with Gasteiger partial charge in [0.2, 0.25) is 5.91 Å². The topological polar surface area (TPSA) is 40.5 Å². The summed E-state index contributed by atoms with van der Waals surface area (Å²) in [4.78, 5) is 13.2. The van der Waals surface area contributed by atoms with Gasteiger partial charge in [0, 0.05) is 18.3 Å². The molecule has 2 fully saturated rings. The first-order chi connectivity index (χ1) is 5.77. The molecule has 0 bridgehead atoms. The van der Waals surface area contributed by atoms with Crippen molar-refractivity contribution >= 4 is 17.7 Å². The summed E-state index contributed by atoms with van der Waals surface area (Å²) < 4.78 is 0. The number of nitrogens with zero attached hydrogens (tertiary/aromatic N) is 1. The summed E-state index contributed by atoms with van der Waals surface area (Å²) in [6, 6.07) is 0.402. The van der Waals surface area contributed by atoms with Gasteiger partial charge >= 0.3 is 0 Å². The molecule has 1 N–H and O–H groups in total. The summed E-state index contributed by atoms with van der Waals surface area (Å²) >= 11 is 1.90. The Morgan fingerprint density at radius 1 is 1.58 bits per heavy atom. The lowest BCUT2D eigenvalue weighted by Crippen LogP contribution is -2.36. The van der Waals surface area contributed by atoms with E-state index in [1.165, 1.54) is 0 Å². The van der Waals surface area contributed by atoms with E-state index < -0.39 is 6.10 Å². The van der Waals surface area contributed by atoms with Gasteiger partial charge in [0.05, 0.1) is 12.5 Å². The first-order valence-electron chi connectivity index (χ1n) is 4.32. The maximum absolute atomic E-state index is 11.3. The number of β-amino-alcohol motifs (C(OH)–C–C–N with tert-alkyl or cyclic N) is 1. The lowest BCUT2D eigenvalue weighted by Gasteiger charge is -2.22. The van der Waals surface area contributed by atoms with E-state index in [9.17, 15) is 9.90 Å². The van der Waals surface area contributed by atoms with E-state index in [0.29, 0.717) is 19.0 Å². The zero-order valence-electron chi connectivity index (χ0n) is 6.90. The molecular formula is C8H13NO2S. The molecule has 0 radical (unpaired) electrons. The van der Waals surface area contributed by atoms with E-state index in [-0.39, 0.29) is 5.91 Å². The van der Waals surface area contributed by atoms with Crippen molar-refractivity contribution in [3.05, 3.63) is 0 Å². The van der Waals surface area contributed by atoms with Crippen LogP contribution in [0.4, 0.5) is 0 Å². The highest BCUT2D eigenvalue weighted by Gasteiger charge is 2.34. The molecule has 2 atom stereocenters. The van der Waals surface area contributed by atoms with Crippen LogP contribution < -0.4 is 0 Å². The monoisotopic (exact) mass is 187 g/mol. The number of amides is 1. The molecule has 2 unspecified atom stereocenters. The number of aliphatic hydroxyl groups excluding tert-OH is 1. The second-order valence-electron chi connectivity index (χ2n) is 3.42. The van der Waals surface area contributed by atoms with Gasteiger partial charge in [0.15, 0.2) is 0 Å². The molecule has 0 aromatic rings. The van der Waals surface area contributed by atoms with Gasteiger partial charge in [0.25, 0.3) is 0 Å². The molecule has 4 heteroatoms. The molecular weight excluding hydrogens is 174 g/mol. The van der Waals surface area contributed by atoms with E-state index in [4.69, 9.17) is 0 Å². The normalized spacial score (nSPS) is 36.4. The van der Waals surface area contributed by atoms with Crippen LogP contribution in [0.3, 0.4) is 0 Å². The summed E-state index contributed by atoms with van der Waals surface area (Å²) in [5, 5.41) is 9.26. The molecule has 3 nitrogen and oxygen atoms in total. The zero-order valence-corrected chi connectivity index (χ0v) is 7.72. The van der Waals surface area contributed by atoms with E-state index in [0.717, 1.165) is 17.9 Å². The van der Waals surface area contributed by atoms with Crippen LogP contribution in [-0.2, 0) is 4.79 Å². The number of carbonyl (C=O) groups is 1. The van der Waals surface area contributed by atoms with E-state index in [1.54, 1.807) is 0 Å². The fourth-order valence-corrected chi connectivity index (χ4v) is 3.06. The van der Waals surface area contributed by atoms with Gasteiger partial charge in [-0.3, -0.25) is 4.79 Å². The molecule has 0 aromatic heterocycles. The molecule has 68 valence electrons. The third-order valence-corrected chi connectivity index (χ3v) is 3.63. The second-order valence-corrected chi connectivity index (χ2v) is 4.57. The summed E-state index contributed by atoms with van der Waals surface area (Å²) in [5.41, 5.74) is 0. The number of hydrogen-bond acceptors (Lipinski definition) is 3. The molecule has 0 saturated carbocycles. The molecule has 2 rings (SSSR count). The number of aliphatic hydroxyl groups is 1. The van der Waals surface area contributed by atoms with Gasteiger partial charge in [-0.2, -0.15) is 11.8 Å². The largest absolute Gasteiger partial charge is 0.391 e. The molecule has 0 spiro atoms. The molecule has 2 heterocycles. The van der Waals surface area contributed by atoms with Crippen LogP contribution in [-0.4, -0.2) is 46.1 Å². The Labute approximate surface area is 76.1 Å². The van der Waals surface area contributed by atoms with Crippen LogP contribution in [0, 0.1) is 0 Å². The van der Waals surface area contributed by atoms with E-state index in [1.807, 2.05) is 16.7 Å². The maximum Gasteiger partial charge on any atom is 0.225 e. The Bertz CT molecular complexity index is 191. The predicted molar refractivity (Wildman–Crippen MR) is 48.1 cm³/mol. The minimum Gasteiger partial charge on any atom is -0.391 e. The number of rotatable bonds is 1. The Balaban J connectivity index is 1.98. The Morgan fingerprint density at radius 3 is 2.92 bits per heavy atom. The van der Waals surface area contributed by atoms with Gasteiger partial charge in [-0.25, -0.2) is 0 Å². The lowest BCUT2D eigenvalue weighted by atomic mass is 10.2. The highest BCUT2D eigenvalue weighted by Crippen LogP contribution is 2.25. The summed E-state index contributed by atoms with van der Waals surface area (Å²) in [5.74, 6) is 2.35. The van der Waals surface area contributed by atoms with Crippen molar-refractivity contribution < 1.29 is 9.90 Å². The standard InChI is InChI=1S/C8H13NO2S/c10-7-3-8(11)9(4-7)6-1-2-12-5-6/h6-7,10H,1-5H2. The highest BCUT2D eigenvalue weighted by molar-refractivity contribution is 7.99. The van der Waals surface area contributed by atoms with Crippen LogP contribution in [0.25, 0.3) is 0 Å². The van der Waals surface area contributed by atoms with Crippen molar-refractivity contribution in [1.82, 2.24) is 4.90 Å². The van der Waals surface area contributed by atoms with Gasteiger partial charge in [-0.1, -0.05) is 0 Å². The molecule has 2 aliphatic heterocycles. The van der Waals surface area contributed by atoms with Crippen molar-refractivity contribution in [2.45, 2.75) is 25.0 Å². The first kappa shape index (κ1) is 8.38. The SMILES string of the molecule is O=C1CC(O)CN1C1CCSC1. The minimum absolute atomic E-state index is 0.134. The third kappa shape index (κ3) is 1.45. The predicted octanol–water partition coefficient (Wildman–Crippen LogP) is 0.0851. The smallest absolute Gasteiger partial charge is 0.225 e. The van der Waals surface area contributed by atoms with Crippen molar-refractivity contribution in [3.8, 4) is 0 Å². The lowest BCUT2D eigenvalue weighted by molar-refractivity contribution is -0.129. The average molecular weight is 187 g/mol. The van der Waals surface area contributed by atoms with Gasteiger partial charge in [-0.15, -0.1) is 0 Å². The Kier molecular flexibility index (Phi) is 2.28. The fourth-order valence-electron chi connectivity index (χ4n) is 1.83. The first-order valence-corrected chi connectivity index (χ1v) is 5.48. The van der Waals surface area contributed by atoms with Crippen molar-refractivity contribution in [3.63, 3.8) is 0 Å². The van der Waals surface area contributed by atoms with Crippen molar-refractivity contribution in [2.24, 2.45) is 0 Å². The third-order valence-electron chi connectivity index (χ3n) is 2.48. The zero-order chi connectivity index (χ0) is 8.55. The molecule has 1 amide bonds. The average Bonchev–Trinajstić information content (AvgIpc) is 2.58. The van der Waals surface area contributed by atoms with Crippen LogP contribution >= 0.6 is 11.8 Å². The van der Waals surface area contributed by atoms with Crippen LogP contribution in [0.5, 0.6) is 0 Å². The van der Waals surface area contributed by atoms with E-state index in [2.05, 4.69) is 0 Å². The summed E-state index contributed by atoms with van der Waals surface area (Å²) in [6.45, 7) is 0.560. The summed E-state index contributed by atoms with van der Waals surface area (Å²) in [6.07, 6.45) is 1.02. The summed E-state index contributed by atoms with van der Waals surface area (Å²) in [7, 11) is 0. The number of thioether (sulfide) groups is 1. The van der Waals surface area contributed by atoms with Gasteiger partial charge < -0.3 is 10.0 Å². The second kappa shape index (κ2) is 3.26. The molecule has 12 heavy (non-hydrogen) atoms. The minimum atomic E-state index is -0.414. The number of hydrogen-bond donors (Lipinski definition) is 1. The number of carbonyl (C=O) groups excluding carboxylic acids is 1. The number of likely N-dealkylation sites (tertiary alicyclic amines) is 1. The van der Waals surface area contributed by atoms with E-state index >= 15 is 0 Å². The van der Waals surface area contributed by atoms with Gasteiger partial charge in [-0.05, 0) is 12.2 Å². The van der Waals surface area contributed by atoms with Crippen LogP contribution in [0.15, 0.2) is 0 Å². The molecule has 0 aliphatic carbocycles. The Hall–Kier alpha value is -0.220. The van der Waals surface area contributed by atoms with Crippen LogP contribution in [0.1, 0.15) is 12.8 Å². The van der Waals surface area contributed by atoms with Crippen LogP contribution in [0.2, 0.25) is 0 Å². The highest BCUT2D eigenvalue weighted by atomic mass is 32.2. The fraction of sp³-hybridized carbons (Fsp3) is 0.875. The quantitative estimate of drug-likeness (QED) is 0.632.